The molecule has 0 bridgehead atoms. The molecule has 122 valence electrons. The Morgan fingerprint density at radius 3 is 2.50 bits per heavy atom. The van der Waals surface area contributed by atoms with Gasteiger partial charge in [0.2, 0.25) is 0 Å². The molecule has 3 rings (SSSR count). The summed E-state index contributed by atoms with van der Waals surface area (Å²) >= 11 is 3.46. The molecule has 24 heavy (non-hydrogen) atoms. The second kappa shape index (κ2) is 7.05. The van der Waals surface area contributed by atoms with Gasteiger partial charge in [-0.3, -0.25) is 4.79 Å². The zero-order valence-corrected chi connectivity index (χ0v) is 15.0. The molecule has 0 atom stereocenters. The highest BCUT2D eigenvalue weighted by Crippen LogP contribution is 2.28. The Kier molecular flexibility index (Phi) is 4.86. The molecule has 0 spiro atoms. The van der Waals surface area contributed by atoms with E-state index in [9.17, 15) is 4.79 Å². The van der Waals surface area contributed by atoms with Crippen molar-refractivity contribution in [1.82, 2.24) is 4.57 Å². The Labute approximate surface area is 149 Å². The molecule has 1 aromatic heterocycles. The number of rotatable bonds is 5. The van der Waals surface area contributed by atoms with E-state index in [0.717, 1.165) is 27.1 Å². The topological polar surface area (TPSA) is 42.2 Å². The van der Waals surface area contributed by atoms with Crippen LogP contribution in [0, 0.1) is 6.92 Å². The molecule has 0 radical (unpaired) electrons. The van der Waals surface area contributed by atoms with Crippen molar-refractivity contribution < 1.29 is 9.90 Å². The molecule has 2 aromatic carbocycles. The van der Waals surface area contributed by atoms with E-state index in [4.69, 9.17) is 5.11 Å². The van der Waals surface area contributed by atoms with Gasteiger partial charge in [0.15, 0.2) is 0 Å². The molecule has 0 fully saturated rings. The summed E-state index contributed by atoms with van der Waals surface area (Å²) in [5.41, 5.74) is 5.39. The standard InChI is InChI=1S/C20H18BrNO2/c1-14-3-2-4-18(13-14)22-17(10-12-20(23)24)9-11-19(22)15-5-7-16(21)8-6-15/h2-9,11,13H,10,12H2,1H3,(H,23,24). The molecule has 1 N–H and O–H groups in total. The van der Waals surface area contributed by atoms with E-state index >= 15 is 0 Å². The van der Waals surface area contributed by atoms with Crippen molar-refractivity contribution in [2.75, 3.05) is 0 Å². The first-order valence-electron chi connectivity index (χ1n) is 7.80. The third-order valence-corrected chi connectivity index (χ3v) is 4.49. The molecule has 3 aromatic rings. The fraction of sp³-hybridized carbons (Fsp3) is 0.150. The molecule has 4 heteroatoms. The van der Waals surface area contributed by atoms with Gasteiger partial charge in [-0.05, 0) is 60.9 Å². The van der Waals surface area contributed by atoms with Gasteiger partial charge in [0.25, 0.3) is 0 Å². The Morgan fingerprint density at radius 2 is 1.83 bits per heavy atom. The Bertz CT molecular complexity index is 866. The van der Waals surface area contributed by atoms with Gasteiger partial charge in [0.05, 0.1) is 12.1 Å². The molecular weight excluding hydrogens is 366 g/mol. The number of aryl methyl sites for hydroxylation is 2. The van der Waals surface area contributed by atoms with Crippen LogP contribution in [-0.4, -0.2) is 15.6 Å². The minimum Gasteiger partial charge on any atom is -0.481 e. The molecular formula is C20H18BrNO2. The Morgan fingerprint density at radius 1 is 1.08 bits per heavy atom. The van der Waals surface area contributed by atoms with E-state index in [1.54, 1.807) is 0 Å². The number of aliphatic carboxylic acids is 1. The van der Waals surface area contributed by atoms with Gasteiger partial charge >= 0.3 is 5.97 Å². The molecule has 0 saturated heterocycles. The number of hydrogen-bond donors (Lipinski definition) is 1. The van der Waals surface area contributed by atoms with Crippen molar-refractivity contribution in [3.05, 3.63) is 76.4 Å². The van der Waals surface area contributed by atoms with E-state index in [1.165, 1.54) is 5.56 Å². The maximum absolute atomic E-state index is 11.0. The van der Waals surface area contributed by atoms with E-state index in [1.807, 2.05) is 24.3 Å². The van der Waals surface area contributed by atoms with Crippen LogP contribution in [0.5, 0.6) is 0 Å². The fourth-order valence-electron chi connectivity index (χ4n) is 2.83. The van der Waals surface area contributed by atoms with Gasteiger partial charge in [-0.2, -0.15) is 0 Å². The van der Waals surface area contributed by atoms with Crippen molar-refractivity contribution in [1.29, 1.82) is 0 Å². The maximum Gasteiger partial charge on any atom is 0.303 e. The van der Waals surface area contributed by atoms with Crippen LogP contribution in [0.25, 0.3) is 16.9 Å². The average molecular weight is 384 g/mol. The third kappa shape index (κ3) is 3.60. The monoisotopic (exact) mass is 383 g/mol. The van der Waals surface area contributed by atoms with Gasteiger partial charge in [0.1, 0.15) is 0 Å². The number of benzene rings is 2. The maximum atomic E-state index is 11.0. The van der Waals surface area contributed by atoms with Crippen LogP contribution in [0.1, 0.15) is 17.7 Å². The lowest BCUT2D eigenvalue weighted by molar-refractivity contribution is -0.136. The first-order chi connectivity index (χ1) is 11.5. The molecule has 0 unspecified atom stereocenters. The normalized spacial score (nSPS) is 10.8. The second-order valence-corrected chi connectivity index (χ2v) is 6.70. The number of carbonyl (C=O) groups is 1. The zero-order valence-electron chi connectivity index (χ0n) is 13.4. The van der Waals surface area contributed by atoms with Gasteiger partial charge < -0.3 is 9.67 Å². The SMILES string of the molecule is Cc1cccc(-n2c(CCC(=O)O)ccc2-c2ccc(Br)cc2)c1. The first-order valence-corrected chi connectivity index (χ1v) is 8.59. The fourth-order valence-corrected chi connectivity index (χ4v) is 3.09. The predicted molar refractivity (Wildman–Crippen MR) is 99.6 cm³/mol. The van der Waals surface area contributed by atoms with Crippen LogP contribution in [0.2, 0.25) is 0 Å². The summed E-state index contributed by atoms with van der Waals surface area (Å²) in [5, 5.41) is 9.02. The minimum absolute atomic E-state index is 0.121. The van der Waals surface area contributed by atoms with Gasteiger partial charge in [-0.15, -0.1) is 0 Å². The Balaban J connectivity index is 2.12. The van der Waals surface area contributed by atoms with Crippen LogP contribution in [0.4, 0.5) is 0 Å². The van der Waals surface area contributed by atoms with Gasteiger partial charge in [0, 0.05) is 15.9 Å². The number of nitrogens with zero attached hydrogens (tertiary/aromatic N) is 1. The highest BCUT2D eigenvalue weighted by atomic mass is 79.9. The summed E-state index contributed by atoms with van der Waals surface area (Å²) in [7, 11) is 0. The van der Waals surface area contributed by atoms with E-state index in [0.29, 0.717) is 6.42 Å². The minimum atomic E-state index is -0.780. The highest BCUT2D eigenvalue weighted by molar-refractivity contribution is 9.10. The number of hydrogen-bond acceptors (Lipinski definition) is 1. The largest absolute Gasteiger partial charge is 0.481 e. The van der Waals surface area contributed by atoms with Crippen molar-refractivity contribution in [3.8, 4) is 16.9 Å². The molecule has 1 heterocycles. The second-order valence-electron chi connectivity index (χ2n) is 5.78. The number of aromatic nitrogens is 1. The first kappa shape index (κ1) is 16.5. The average Bonchev–Trinajstić information content (AvgIpc) is 2.97. The predicted octanol–water partition coefficient (Wildman–Crippen LogP) is 5.23. The number of halogens is 1. The molecule has 0 amide bonds. The van der Waals surface area contributed by atoms with Crippen LogP contribution < -0.4 is 0 Å². The van der Waals surface area contributed by atoms with Gasteiger partial charge in [-0.1, -0.05) is 40.2 Å². The van der Waals surface area contributed by atoms with E-state index < -0.39 is 5.97 Å². The molecule has 0 saturated carbocycles. The van der Waals surface area contributed by atoms with E-state index in [2.05, 4.69) is 63.8 Å². The Hall–Kier alpha value is -2.33. The highest BCUT2D eigenvalue weighted by Gasteiger charge is 2.13. The van der Waals surface area contributed by atoms with Crippen molar-refractivity contribution >= 4 is 21.9 Å². The molecule has 3 nitrogen and oxygen atoms in total. The lowest BCUT2D eigenvalue weighted by Gasteiger charge is -2.14. The van der Waals surface area contributed by atoms with Crippen molar-refractivity contribution in [3.63, 3.8) is 0 Å². The number of carboxylic acid groups (broad SMARTS) is 1. The summed E-state index contributed by atoms with van der Waals surface area (Å²) < 4.78 is 3.19. The van der Waals surface area contributed by atoms with Crippen LogP contribution in [0.15, 0.2) is 65.1 Å². The smallest absolute Gasteiger partial charge is 0.303 e. The van der Waals surface area contributed by atoms with Crippen molar-refractivity contribution in [2.24, 2.45) is 0 Å². The molecule has 0 aliphatic heterocycles. The lowest BCUT2D eigenvalue weighted by atomic mass is 10.1. The van der Waals surface area contributed by atoms with Crippen LogP contribution in [0.3, 0.4) is 0 Å². The summed E-state index contributed by atoms with van der Waals surface area (Å²) in [5.74, 6) is -0.780. The third-order valence-electron chi connectivity index (χ3n) is 3.96. The van der Waals surface area contributed by atoms with E-state index in [-0.39, 0.29) is 6.42 Å². The van der Waals surface area contributed by atoms with Crippen LogP contribution >= 0.6 is 15.9 Å². The lowest BCUT2D eigenvalue weighted by Crippen LogP contribution is -2.05. The molecule has 0 aliphatic rings. The quantitative estimate of drug-likeness (QED) is 0.654. The summed E-state index contributed by atoms with van der Waals surface area (Å²) in [6.07, 6.45) is 0.620. The van der Waals surface area contributed by atoms with Crippen LogP contribution in [-0.2, 0) is 11.2 Å². The summed E-state index contributed by atoms with van der Waals surface area (Å²) in [4.78, 5) is 11.0. The van der Waals surface area contributed by atoms with Crippen molar-refractivity contribution in [2.45, 2.75) is 19.8 Å². The molecule has 0 aliphatic carbocycles. The summed E-state index contributed by atoms with van der Waals surface area (Å²) in [6, 6.07) is 20.5. The zero-order chi connectivity index (χ0) is 17.1. The van der Waals surface area contributed by atoms with Gasteiger partial charge in [-0.25, -0.2) is 0 Å². The summed E-state index contributed by atoms with van der Waals surface area (Å²) in [6.45, 7) is 2.06. The number of carboxylic acids is 1.